The summed E-state index contributed by atoms with van der Waals surface area (Å²) in [4.78, 5) is 7.97. The third kappa shape index (κ3) is 3.30. The Morgan fingerprint density at radius 2 is 1.84 bits per heavy atom. The Bertz CT molecular complexity index is 1220. The lowest BCUT2D eigenvalue weighted by Crippen LogP contribution is -2.45. The lowest BCUT2D eigenvalue weighted by Gasteiger charge is -2.34. The van der Waals surface area contributed by atoms with Crippen LogP contribution in [0.15, 0.2) is 30.7 Å². The van der Waals surface area contributed by atoms with Gasteiger partial charge in [-0.25, -0.2) is 18.7 Å². The normalized spacial score (nSPS) is 28.8. The third-order valence-electron chi connectivity index (χ3n) is 5.88. The van der Waals surface area contributed by atoms with E-state index in [9.17, 15) is 13.9 Å². The number of ether oxygens (including phenoxy) is 3. The molecule has 2 fully saturated rings. The van der Waals surface area contributed by atoms with Crippen molar-refractivity contribution in [3.63, 3.8) is 0 Å². The van der Waals surface area contributed by atoms with E-state index in [-0.39, 0.29) is 26.8 Å². The first kappa shape index (κ1) is 21.9. The number of hydrogen-bond donors (Lipinski definition) is 1. The minimum Gasteiger partial charge on any atom is -0.383 e. The van der Waals surface area contributed by atoms with E-state index in [1.165, 1.54) is 36.1 Å². The van der Waals surface area contributed by atoms with Crippen LogP contribution in [0.1, 0.15) is 32.6 Å². The lowest BCUT2D eigenvalue weighted by atomic mass is 9.86. The van der Waals surface area contributed by atoms with E-state index >= 15 is 0 Å². The summed E-state index contributed by atoms with van der Waals surface area (Å²) in [5.41, 5.74) is -1.25. The molecule has 0 aliphatic carbocycles. The molecule has 0 bridgehead atoms. The first-order chi connectivity index (χ1) is 15.0. The minimum absolute atomic E-state index is 0.0371. The zero-order valence-electron chi connectivity index (χ0n) is 17.2. The number of aliphatic hydroxyl groups is 1. The molecule has 1 aromatic carbocycles. The van der Waals surface area contributed by atoms with Crippen LogP contribution in [-0.4, -0.2) is 43.7 Å². The average Bonchev–Trinajstić information content (AvgIpc) is 3.32. The summed E-state index contributed by atoms with van der Waals surface area (Å²) in [5.74, 6) is -2.30. The molecule has 3 aromatic rings. The molecule has 2 aromatic heterocycles. The summed E-state index contributed by atoms with van der Waals surface area (Å²) < 4.78 is 48.6. The summed E-state index contributed by atoms with van der Waals surface area (Å²) in [6.45, 7) is 4.94. The van der Waals surface area contributed by atoms with Crippen LogP contribution in [0.4, 0.5) is 8.78 Å². The second-order valence-corrected chi connectivity index (χ2v) is 9.30. The SMILES string of the molecule is CC1(C)O[C@@H]2[C@H](O1)[C@@H]([C@](C)(O)c1ccc(Cl)c(F)c1)O[C@H]2n1cc(F)c2c(Cl)ncnc21. The number of nitrogens with zero attached hydrogens (tertiary/aromatic N) is 3. The van der Waals surface area contributed by atoms with Crippen LogP contribution in [-0.2, 0) is 19.8 Å². The van der Waals surface area contributed by atoms with Crippen molar-refractivity contribution < 1.29 is 28.1 Å². The summed E-state index contributed by atoms with van der Waals surface area (Å²) in [6.07, 6.45) is -0.955. The summed E-state index contributed by atoms with van der Waals surface area (Å²) in [5, 5.41) is 11.4. The summed E-state index contributed by atoms with van der Waals surface area (Å²) in [6, 6.07) is 4.01. The van der Waals surface area contributed by atoms with E-state index in [0.717, 1.165) is 6.07 Å². The Balaban J connectivity index is 1.60. The highest BCUT2D eigenvalue weighted by atomic mass is 35.5. The van der Waals surface area contributed by atoms with Crippen molar-refractivity contribution in [3.05, 3.63) is 58.1 Å². The Kier molecular flexibility index (Phi) is 5.01. The fourth-order valence-corrected chi connectivity index (χ4v) is 4.76. The highest BCUT2D eigenvalue weighted by molar-refractivity contribution is 6.34. The van der Waals surface area contributed by atoms with E-state index < -0.39 is 47.6 Å². The van der Waals surface area contributed by atoms with Gasteiger partial charge in [-0.1, -0.05) is 29.3 Å². The van der Waals surface area contributed by atoms with E-state index in [1.807, 2.05) is 0 Å². The second-order valence-electron chi connectivity index (χ2n) is 8.54. The molecule has 1 N–H and O–H groups in total. The monoisotopic (exact) mass is 485 g/mol. The lowest BCUT2D eigenvalue weighted by molar-refractivity contribution is -0.221. The first-order valence-corrected chi connectivity index (χ1v) is 10.6. The Morgan fingerprint density at radius 1 is 1.12 bits per heavy atom. The predicted octanol–water partition coefficient (Wildman–Crippen LogP) is 4.34. The van der Waals surface area contributed by atoms with Crippen LogP contribution < -0.4 is 0 Å². The molecule has 5 rings (SSSR count). The highest BCUT2D eigenvalue weighted by Crippen LogP contribution is 2.49. The molecule has 5 atom stereocenters. The van der Waals surface area contributed by atoms with Crippen LogP contribution >= 0.6 is 23.2 Å². The maximum absolute atomic E-state index is 14.7. The van der Waals surface area contributed by atoms with Crippen molar-refractivity contribution in [2.45, 2.75) is 56.7 Å². The van der Waals surface area contributed by atoms with Crippen molar-refractivity contribution in [3.8, 4) is 0 Å². The molecule has 0 radical (unpaired) electrons. The zero-order chi connectivity index (χ0) is 23.0. The van der Waals surface area contributed by atoms with E-state index in [2.05, 4.69) is 9.97 Å². The quantitative estimate of drug-likeness (QED) is 0.555. The maximum atomic E-state index is 14.7. The van der Waals surface area contributed by atoms with Crippen molar-refractivity contribution in [1.82, 2.24) is 14.5 Å². The topological polar surface area (TPSA) is 78.6 Å². The fraction of sp³-hybridized carbons (Fsp3) is 0.429. The number of aromatic nitrogens is 3. The molecular weight excluding hydrogens is 467 g/mol. The highest BCUT2D eigenvalue weighted by Gasteiger charge is 2.61. The van der Waals surface area contributed by atoms with Gasteiger partial charge in [0.15, 0.2) is 17.8 Å². The molecule has 32 heavy (non-hydrogen) atoms. The van der Waals surface area contributed by atoms with Gasteiger partial charge in [-0.15, -0.1) is 0 Å². The van der Waals surface area contributed by atoms with Gasteiger partial charge in [0.2, 0.25) is 0 Å². The van der Waals surface area contributed by atoms with Gasteiger partial charge in [-0.2, -0.15) is 0 Å². The van der Waals surface area contributed by atoms with Crippen LogP contribution in [0.5, 0.6) is 0 Å². The molecule has 2 saturated heterocycles. The molecule has 11 heteroatoms. The number of benzene rings is 1. The van der Waals surface area contributed by atoms with Crippen molar-refractivity contribution in [1.29, 1.82) is 0 Å². The Labute approximate surface area is 191 Å². The molecular formula is C21H19Cl2F2N3O4. The third-order valence-corrected chi connectivity index (χ3v) is 6.47. The van der Waals surface area contributed by atoms with Crippen molar-refractivity contribution in [2.75, 3.05) is 0 Å². The van der Waals surface area contributed by atoms with Crippen LogP contribution in [0.3, 0.4) is 0 Å². The van der Waals surface area contributed by atoms with Gasteiger partial charge in [0.05, 0.1) is 10.4 Å². The van der Waals surface area contributed by atoms with E-state index in [4.69, 9.17) is 37.4 Å². The van der Waals surface area contributed by atoms with Crippen LogP contribution in [0.2, 0.25) is 10.2 Å². The van der Waals surface area contributed by atoms with Gasteiger partial charge in [0.25, 0.3) is 0 Å². The maximum Gasteiger partial charge on any atom is 0.165 e. The smallest absolute Gasteiger partial charge is 0.165 e. The number of halogens is 4. The van der Waals surface area contributed by atoms with Gasteiger partial charge < -0.3 is 23.9 Å². The minimum atomic E-state index is -1.69. The molecule has 4 heterocycles. The summed E-state index contributed by atoms with van der Waals surface area (Å²) in [7, 11) is 0. The van der Waals surface area contributed by atoms with Gasteiger partial charge in [-0.3, -0.25) is 0 Å². The molecule has 170 valence electrons. The largest absolute Gasteiger partial charge is 0.383 e. The van der Waals surface area contributed by atoms with Gasteiger partial charge in [0.1, 0.15) is 46.9 Å². The molecule has 2 aliphatic heterocycles. The number of fused-ring (bicyclic) bond motifs is 2. The molecule has 0 unspecified atom stereocenters. The average molecular weight is 486 g/mol. The Hall–Kier alpha value is -1.88. The zero-order valence-corrected chi connectivity index (χ0v) is 18.7. The predicted molar refractivity (Wildman–Crippen MR) is 111 cm³/mol. The fourth-order valence-electron chi connectivity index (χ4n) is 4.43. The molecule has 0 spiro atoms. The molecule has 0 amide bonds. The van der Waals surface area contributed by atoms with E-state index in [1.54, 1.807) is 13.8 Å². The van der Waals surface area contributed by atoms with Crippen molar-refractivity contribution in [2.24, 2.45) is 0 Å². The van der Waals surface area contributed by atoms with Crippen molar-refractivity contribution >= 4 is 34.2 Å². The standard InChI is InChI=1S/C21H19Cl2F2N3O4/c1-20(2)31-14-15(32-20)19(28-7-12(25)13-17(23)26-8-27-18(13)28)30-16(14)21(3,29)9-4-5-10(22)11(24)6-9/h4-8,14-16,19,29H,1-3H3/t14-,15+,16-,19+,21+/m0/s1. The second kappa shape index (κ2) is 7.31. The molecule has 2 aliphatic rings. The van der Waals surface area contributed by atoms with Crippen LogP contribution in [0, 0.1) is 11.6 Å². The number of rotatable bonds is 3. The van der Waals surface area contributed by atoms with E-state index in [0.29, 0.717) is 0 Å². The molecule has 7 nitrogen and oxygen atoms in total. The molecule has 0 saturated carbocycles. The summed E-state index contributed by atoms with van der Waals surface area (Å²) >= 11 is 11.9. The van der Waals surface area contributed by atoms with Crippen LogP contribution in [0.25, 0.3) is 11.0 Å². The van der Waals surface area contributed by atoms with Gasteiger partial charge >= 0.3 is 0 Å². The first-order valence-electron chi connectivity index (χ1n) is 9.85. The van der Waals surface area contributed by atoms with Gasteiger partial charge in [-0.05, 0) is 38.5 Å². The van der Waals surface area contributed by atoms with Gasteiger partial charge in [0, 0.05) is 6.20 Å². The Morgan fingerprint density at radius 3 is 2.56 bits per heavy atom. The number of hydrogen-bond acceptors (Lipinski definition) is 6.